The lowest BCUT2D eigenvalue weighted by atomic mass is 9.95. The van der Waals surface area contributed by atoms with E-state index < -0.39 is 0 Å². The normalized spacial score (nSPS) is 14.1. The van der Waals surface area contributed by atoms with Gasteiger partial charge in [0.15, 0.2) is 6.29 Å². The molecule has 154 valence electrons. The zero-order valence-corrected chi connectivity index (χ0v) is 17.3. The minimum atomic E-state index is 0.482. The number of likely N-dealkylation sites (tertiary alicyclic amines) is 1. The third kappa shape index (κ3) is 4.08. The average molecular weight is 401 g/mol. The summed E-state index contributed by atoms with van der Waals surface area (Å²) in [5.41, 5.74) is 13.4. The average Bonchev–Trinajstić information content (AvgIpc) is 3.26. The smallest absolute Gasteiger partial charge is 0.152 e. The van der Waals surface area contributed by atoms with Gasteiger partial charge in [0.2, 0.25) is 0 Å². The van der Waals surface area contributed by atoms with Crippen LogP contribution in [-0.4, -0.2) is 31.3 Å². The largest absolute Gasteiger partial charge is 0.397 e. The maximum absolute atomic E-state index is 11.5. The molecule has 0 bridgehead atoms. The topological polar surface area (TPSA) is 75.6 Å². The zero-order valence-electron chi connectivity index (χ0n) is 17.3. The van der Waals surface area contributed by atoms with Gasteiger partial charge in [-0.2, -0.15) is 0 Å². The fourth-order valence-electron chi connectivity index (χ4n) is 4.31. The predicted octanol–water partition coefficient (Wildman–Crippen LogP) is 4.32. The van der Waals surface area contributed by atoms with Crippen molar-refractivity contribution < 1.29 is 4.79 Å². The molecule has 1 fully saturated rings. The van der Waals surface area contributed by atoms with Crippen LogP contribution < -0.4 is 16.6 Å². The van der Waals surface area contributed by atoms with E-state index in [9.17, 15) is 4.79 Å². The number of nitrogen functional groups attached to an aromatic ring is 1. The molecule has 0 radical (unpaired) electrons. The molecule has 1 aliphatic heterocycles. The maximum atomic E-state index is 11.5. The number of carbonyl (C=O) groups is 1. The number of hydrazine groups is 1. The van der Waals surface area contributed by atoms with Gasteiger partial charge in [0.25, 0.3) is 0 Å². The lowest BCUT2D eigenvalue weighted by molar-refractivity contribution is 0.112. The molecule has 3 aromatic rings. The number of nitrogens with two attached hydrogens (primary N) is 2. The molecule has 0 spiro atoms. The Bertz CT molecular complexity index is 1040. The fourth-order valence-corrected chi connectivity index (χ4v) is 4.31. The first-order valence-electron chi connectivity index (χ1n) is 10.3. The van der Waals surface area contributed by atoms with Gasteiger partial charge in [0, 0.05) is 19.2 Å². The summed E-state index contributed by atoms with van der Waals surface area (Å²) in [4.78, 5) is 14.1. The zero-order chi connectivity index (χ0) is 21.1. The van der Waals surface area contributed by atoms with E-state index in [1.54, 1.807) is 7.05 Å². The number of anilines is 2. The van der Waals surface area contributed by atoms with Crippen molar-refractivity contribution >= 4 is 17.7 Å². The van der Waals surface area contributed by atoms with Crippen LogP contribution >= 0.6 is 0 Å². The third-order valence-corrected chi connectivity index (χ3v) is 5.79. The van der Waals surface area contributed by atoms with Gasteiger partial charge in [0.05, 0.1) is 11.4 Å². The molecule has 1 aliphatic rings. The van der Waals surface area contributed by atoms with Gasteiger partial charge >= 0.3 is 0 Å². The van der Waals surface area contributed by atoms with Crippen LogP contribution in [0.1, 0.15) is 28.8 Å². The first kappa shape index (κ1) is 20.1. The molecule has 5 nitrogen and oxygen atoms in total. The molecule has 0 amide bonds. The lowest BCUT2D eigenvalue weighted by Gasteiger charge is -2.19. The fraction of sp³-hybridized carbons (Fsp3) is 0.240. The standard InChI is InChI=1S/C25H28N4O/c1-28(27)25-22(17-30)14-21(15-24(25)26)18-8-10-19(11-9-18)23-7-3-2-6-20(23)16-29-12-4-5-13-29/h2-3,6-11,14-15,17H,4-5,12-13,16,26-27H2,1H3. The van der Waals surface area contributed by atoms with Gasteiger partial charge in [-0.25, -0.2) is 5.84 Å². The number of hydrogen-bond acceptors (Lipinski definition) is 5. The summed E-state index contributed by atoms with van der Waals surface area (Å²) in [6, 6.07) is 20.7. The van der Waals surface area contributed by atoms with Crippen LogP contribution in [0.5, 0.6) is 0 Å². The van der Waals surface area contributed by atoms with E-state index in [0.29, 0.717) is 16.9 Å². The van der Waals surface area contributed by atoms with Gasteiger partial charge in [0.1, 0.15) is 0 Å². The second-order valence-electron chi connectivity index (χ2n) is 7.95. The van der Waals surface area contributed by atoms with Crippen molar-refractivity contribution in [3.8, 4) is 22.3 Å². The highest BCUT2D eigenvalue weighted by Crippen LogP contribution is 2.33. The Labute approximate surface area is 177 Å². The lowest BCUT2D eigenvalue weighted by Crippen LogP contribution is -2.27. The van der Waals surface area contributed by atoms with Crippen molar-refractivity contribution in [2.45, 2.75) is 19.4 Å². The maximum Gasteiger partial charge on any atom is 0.152 e. The summed E-state index contributed by atoms with van der Waals surface area (Å²) in [5, 5.41) is 1.38. The Balaban J connectivity index is 1.64. The van der Waals surface area contributed by atoms with Gasteiger partial charge < -0.3 is 10.7 Å². The Morgan fingerprint density at radius 1 is 0.967 bits per heavy atom. The minimum absolute atomic E-state index is 0.482. The Kier molecular flexibility index (Phi) is 5.84. The quantitative estimate of drug-likeness (QED) is 0.279. The number of aldehydes is 1. The van der Waals surface area contributed by atoms with Gasteiger partial charge in [-0.1, -0.05) is 48.5 Å². The van der Waals surface area contributed by atoms with Crippen LogP contribution in [0.25, 0.3) is 22.3 Å². The number of benzene rings is 3. The van der Waals surface area contributed by atoms with E-state index in [-0.39, 0.29) is 0 Å². The molecule has 3 aromatic carbocycles. The summed E-state index contributed by atoms with van der Waals surface area (Å²) in [7, 11) is 1.67. The highest BCUT2D eigenvalue weighted by Gasteiger charge is 2.15. The molecule has 4 N–H and O–H groups in total. The number of hydrogen-bond donors (Lipinski definition) is 2. The molecule has 1 heterocycles. The van der Waals surface area contributed by atoms with Crippen molar-refractivity contribution in [1.29, 1.82) is 0 Å². The number of rotatable bonds is 6. The van der Waals surface area contributed by atoms with E-state index in [1.807, 2.05) is 12.1 Å². The summed E-state index contributed by atoms with van der Waals surface area (Å²) in [5.74, 6) is 5.83. The molecule has 0 saturated carbocycles. The van der Waals surface area contributed by atoms with Crippen LogP contribution in [0.3, 0.4) is 0 Å². The summed E-state index contributed by atoms with van der Waals surface area (Å²) >= 11 is 0. The summed E-state index contributed by atoms with van der Waals surface area (Å²) in [6.07, 6.45) is 3.38. The van der Waals surface area contributed by atoms with E-state index in [0.717, 1.165) is 24.0 Å². The highest BCUT2D eigenvalue weighted by molar-refractivity contribution is 5.93. The monoisotopic (exact) mass is 400 g/mol. The van der Waals surface area contributed by atoms with E-state index in [2.05, 4.69) is 53.4 Å². The van der Waals surface area contributed by atoms with Crippen LogP contribution in [-0.2, 0) is 6.54 Å². The van der Waals surface area contributed by atoms with Crippen molar-refractivity contribution in [3.63, 3.8) is 0 Å². The molecule has 30 heavy (non-hydrogen) atoms. The first-order chi connectivity index (χ1) is 14.6. The molecule has 0 aliphatic carbocycles. The predicted molar refractivity (Wildman–Crippen MR) is 124 cm³/mol. The Morgan fingerprint density at radius 3 is 2.30 bits per heavy atom. The summed E-state index contributed by atoms with van der Waals surface area (Å²) in [6.45, 7) is 3.36. The van der Waals surface area contributed by atoms with E-state index >= 15 is 0 Å². The van der Waals surface area contributed by atoms with Crippen molar-refractivity contribution in [2.24, 2.45) is 5.84 Å². The molecular weight excluding hydrogens is 372 g/mol. The first-order valence-corrected chi connectivity index (χ1v) is 10.3. The highest BCUT2D eigenvalue weighted by atomic mass is 16.1. The summed E-state index contributed by atoms with van der Waals surface area (Å²) < 4.78 is 0. The molecule has 4 rings (SSSR count). The van der Waals surface area contributed by atoms with Gasteiger partial charge in [-0.05, 0) is 65.9 Å². The van der Waals surface area contributed by atoms with Gasteiger partial charge in [-0.3, -0.25) is 9.69 Å². The van der Waals surface area contributed by atoms with E-state index in [1.165, 1.54) is 47.6 Å². The molecule has 0 atom stereocenters. The Hall–Kier alpha value is -3.15. The third-order valence-electron chi connectivity index (χ3n) is 5.79. The molecular formula is C25H28N4O. The Morgan fingerprint density at radius 2 is 1.63 bits per heavy atom. The number of carbonyl (C=O) groups excluding carboxylic acids is 1. The second-order valence-corrected chi connectivity index (χ2v) is 7.95. The number of nitrogens with zero attached hydrogens (tertiary/aromatic N) is 2. The second kappa shape index (κ2) is 8.69. The SMILES string of the molecule is CN(N)c1c(N)cc(-c2ccc(-c3ccccc3CN3CCCC3)cc2)cc1C=O. The van der Waals surface area contributed by atoms with Crippen LogP contribution in [0.4, 0.5) is 11.4 Å². The molecule has 0 unspecified atom stereocenters. The van der Waals surface area contributed by atoms with Crippen molar-refractivity contribution in [3.05, 3.63) is 71.8 Å². The minimum Gasteiger partial charge on any atom is -0.397 e. The molecule has 1 saturated heterocycles. The molecule has 5 heteroatoms. The van der Waals surface area contributed by atoms with Crippen molar-refractivity contribution in [1.82, 2.24) is 4.90 Å². The van der Waals surface area contributed by atoms with Crippen LogP contribution in [0.2, 0.25) is 0 Å². The van der Waals surface area contributed by atoms with Crippen LogP contribution in [0, 0.1) is 0 Å². The molecule has 0 aromatic heterocycles. The van der Waals surface area contributed by atoms with Crippen molar-refractivity contribution in [2.75, 3.05) is 30.9 Å². The van der Waals surface area contributed by atoms with Crippen LogP contribution in [0.15, 0.2) is 60.7 Å². The van der Waals surface area contributed by atoms with E-state index in [4.69, 9.17) is 11.6 Å². The van der Waals surface area contributed by atoms with Gasteiger partial charge in [-0.15, -0.1) is 0 Å².